The van der Waals surface area contributed by atoms with Crippen molar-refractivity contribution in [3.05, 3.63) is 39.0 Å². The molecule has 1 aromatic heterocycles. The van der Waals surface area contributed by atoms with Crippen LogP contribution in [0.3, 0.4) is 0 Å². The maximum absolute atomic E-state index is 6.11. The van der Waals surface area contributed by atoms with E-state index in [0.29, 0.717) is 22.0 Å². The molecule has 6 heteroatoms. The van der Waals surface area contributed by atoms with E-state index in [1.54, 1.807) is 10.7 Å². The second-order valence-corrected chi connectivity index (χ2v) is 5.69. The molecule has 0 spiro atoms. The molecule has 0 aliphatic heterocycles. The number of halogens is 3. The summed E-state index contributed by atoms with van der Waals surface area (Å²) >= 11 is 13.0. The first-order valence-corrected chi connectivity index (χ1v) is 7.53. The van der Waals surface area contributed by atoms with Gasteiger partial charge in [0.2, 0.25) is 5.88 Å². The largest absolute Gasteiger partial charge is 0.437 e. The van der Waals surface area contributed by atoms with Crippen LogP contribution in [0.15, 0.2) is 22.7 Å². The van der Waals surface area contributed by atoms with Crippen molar-refractivity contribution in [2.45, 2.75) is 12.3 Å². The molecule has 1 aromatic carbocycles. The number of alkyl halides is 1. The highest BCUT2D eigenvalue weighted by molar-refractivity contribution is 9.10. The van der Waals surface area contributed by atoms with Gasteiger partial charge in [-0.2, -0.15) is 5.10 Å². The molecule has 2 aromatic rings. The van der Waals surface area contributed by atoms with Gasteiger partial charge in [0.15, 0.2) is 0 Å². The lowest BCUT2D eigenvalue weighted by Crippen LogP contribution is -1.97. The minimum Gasteiger partial charge on any atom is -0.437 e. The van der Waals surface area contributed by atoms with E-state index in [1.165, 1.54) is 0 Å². The third-order valence-corrected chi connectivity index (χ3v) is 3.89. The number of hydrogen-bond donors (Lipinski definition) is 0. The average molecular weight is 394 g/mol. The molecule has 18 heavy (non-hydrogen) atoms. The second-order valence-electron chi connectivity index (χ2n) is 3.80. The van der Waals surface area contributed by atoms with E-state index in [9.17, 15) is 0 Å². The Labute approximate surface area is 127 Å². The normalized spacial score (nSPS) is 10.7. The Balaban J connectivity index is 2.42. The number of benzene rings is 1. The van der Waals surface area contributed by atoms with Gasteiger partial charge in [0.1, 0.15) is 5.75 Å². The quantitative estimate of drug-likeness (QED) is 0.697. The Hall–Kier alpha value is -0.520. The minimum absolute atomic E-state index is 0.567. The van der Waals surface area contributed by atoms with Crippen LogP contribution in [-0.4, -0.2) is 9.78 Å². The zero-order valence-electron chi connectivity index (χ0n) is 9.88. The lowest BCUT2D eigenvalue weighted by molar-refractivity contribution is 0.427. The molecule has 0 saturated carbocycles. The van der Waals surface area contributed by atoms with Gasteiger partial charge >= 0.3 is 0 Å². The first kappa shape index (κ1) is 13.9. The molecular weight excluding hydrogens is 383 g/mol. The van der Waals surface area contributed by atoms with Crippen molar-refractivity contribution in [2.75, 3.05) is 0 Å². The lowest BCUT2D eigenvalue weighted by atomic mass is 10.3. The van der Waals surface area contributed by atoms with Crippen LogP contribution < -0.4 is 4.74 Å². The standard InChI is InChI=1S/C12H11Br2ClN2O/c1-7-9(6-13)12(17(2)16-7)18-11-5-8(14)3-4-10(11)15/h3-5H,6H2,1-2H3. The van der Waals surface area contributed by atoms with Crippen LogP contribution in [0.4, 0.5) is 0 Å². The van der Waals surface area contributed by atoms with Crippen molar-refractivity contribution < 1.29 is 4.74 Å². The Morgan fingerprint density at radius 3 is 2.83 bits per heavy atom. The van der Waals surface area contributed by atoms with Crippen molar-refractivity contribution in [3.8, 4) is 11.6 Å². The summed E-state index contributed by atoms with van der Waals surface area (Å²) in [5.41, 5.74) is 1.96. The number of rotatable bonds is 3. The predicted molar refractivity (Wildman–Crippen MR) is 79.8 cm³/mol. The van der Waals surface area contributed by atoms with Gasteiger partial charge in [-0.15, -0.1) is 0 Å². The van der Waals surface area contributed by atoms with Crippen molar-refractivity contribution in [1.82, 2.24) is 9.78 Å². The van der Waals surface area contributed by atoms with Crippen LogP contribution in [-0.2, 0) is 12.4 Å². The fourth-order valence-corrected chi connectivity index (χ4v) is 2.76. The third-order valence-electron chi connectivity index (χ3n) is 2.52. The fourth-order valence-electron chi connectivity index (χ4n) is 1.62. The molecule has 0 bridgehead atoms. The van der Waals surface area contributed by atoms with E-state index in [0.717, 1.165) is 15.7 Å². The minimum atomic E-state index is 0.567. The number of aromatic nitrogens is 2. The van der Waals surface area contributed by atoms with Crippen molar-refractivity contribution in [2.24, 2.45) is 7.05 Å². The van der Waals surface area contributed by atoms with Crippen LogP contribution in [0.2, 0.25) is 5.02 Å². The van der Waals surface area contributed by atoms with Crippen LogP contribution in [0.25, 0.3) is 0 Å². The number of ether oxygens (including phenoxy) is 1. The summed E-state index contributed by atoms with van der Waals surface area (Å²) in [6.07, 6.45) is 0. The number of nitrogens with zero attached hydrogens (tertiary/aromatic N) is 2. The molecule has 0 aliphatic rings. The molecule has 1 heterocycles. The molecule has 0 aliphatic carbocycles. The number of hydrogen-bond acceptors (Lipinski definition) is 2. The molecule has 0 N–H and O–H groups in total. The van der Waals surface area contributed by atoms with Gasteiger partial charge in [0, 0.05) is 22.4 Å². The van der Waals surface area contributed by atoms with Gasteiger partial charge in [-0.25, -0.2) is 4.68 Å². The van der Waals surface area contributed by atoms with Gasteiger partial charge in [0.05, 0.1) is 10.7 Å². The van der Waals surface area contributed by atoms with E-state index in [4.69, 9.17) is 16.3 Å². The predicted octanol–water partition coefficient (Wildman–Crippen LogP) is 4.83. The summed E-state index contributed by atoms with van der Waals surface area (Å²) in [6, 6.07) is 5.50. The maximum Gasteiger partial charge on any atom is 0.221 e. The van der Waals surface area contributed by atoms with Crippen LogP contribution in [0.1, 0.15) is 11.3 Å². The van der Waals surface area contributed by atoms with E-state index in [2.05, 4.69) is 37.0 Å². The Kier molecular flexibility index (Phi) is 4.35. The van der Waals surface area contributed by atoms with Gasteiger partial charge in [-0.3, -0.25) is 0 Å². The fraction of sp³-hybridized carbons (Fsp3) is 0.250. The second kappa shape index (κ2) is 5.63. The number of aryl methyl sites for hydroxylation is 2. The lowest BCUT2D eigenvalue weighted by Gasteiger charge is -2.09. The van der Waals surface area contributed by atoms with Crippen LogP contribution in [0.5, 0.6) is 11.6 Å². The maximum atomic E-state index is 6.11. The first-order valence-electron chi connectivity index (χ1n) is 5.24. The highest BCUT2D eigenvalue weighted by Crippen LogP contribution is 2.34. The summed E-state index contributed by atoms with van der Waals surface area (Å²) in [4.78, 5) is 0. The van der Waals surface area contributed by atoms with E-state index in [1.807, 2.05) is 26.1 Å². The van der Waals surface area contributed by atoms with E-state index in [-0.39, 0.29) is 0 Å². The van der Waals surface area contributed by atoms with Crippen LogP contribution in [0, 0.1) is 6.92 Å². The molecule has 2 rings (SSSR count). The SMILES string of the molecule is Cc1nn(C)c(Oc2cc(Br)ccc2Cl)c1CBr. The Morgan fingerprint density at radius 1 is 1.44 bits per heavy atom. The molecule has 3 nitrogen and oxygen atoms in total. The van der Waals surface area contributed by atoms with Gasteiger partial charge in [-0.1, -0.05) is 43.5 Å². The zero-order chi connectivity index (χ0) is 13.3. The Morgan fingerprint density at radius 2 is 2.17 bits per heavy atom. The molecule has 96 valence electrons. The van der Waals surface area contributed by atoms with Crippen molar-refractivity contribution in [1.29, 1.82) is 0 Å². The summed E-state index contributed by atoms with van der Waals surface area (Å²) in [7, 11) is 1.85. The molecule has 0 saturated heterocycles. The van der Waals surface area contributed by atoms with Gasteiger partial charge in [0.25, 0.3) is 0 Å². The van der Waals surface area contributed by atoms with Gasteiger partial charge < -0.3 is 4.74 Å². The monoisotopic (exact) mass is 392 g/mol. The molecular formula is C12H11Br2ClN2O. The first-order chi connectivity index (χ1) is 8.52. The van der Waals surface area contributed by atoms with Crippen molar-refractivity contribution >= 4 is 43.5 Å². The Bertz CT molecular complexity index is 584. The molecule has 0 amide bonds. The summed E-state index contributed by atoms with van der Waals surface area (Å²) in [6.45, 7) is 1.95. The highest BCUT2D eigenvalue weighted by Gasteiger charge is 2.15. The van der Waals surface area contributed by atoms with Crippen LogP contribution >= 0.6 is 43.5 Å². The summed E-state index contributed by atoms with van der Waals surface area (Å²) < 4.78 is 8.50. The molecule has 0 fully saturated rings. The summed E-state index contributed by atoms with van der Waals surface area (Å²) in [5.74, 6) is 1.31. The third kappa shape index (κ3) is 2.73. The molecule has 0 unspecified atom stereocenters. The van der Waals surface area contributed by atoms with E-state index >= 15 is 0 Å². The van der Waals surface area contributed by atoms with E-state index < -0.39 is 0 Å². The summed E-state index contributed by atoms with van der Waals surface area (Å²) in [5, 5.41) is 5.59. The average Bonchev–Trinajstić information content (AvgIpc) is 2.58. The van der Waals surface area contributed by atoms with Gasteiger partial charge in [-0.05, 0) is 25.1 Å². The topological polar surface area (TPSA) is 27.1 Å². The smallest absolute Gasteiger partial charge is 0.221 e. The molecule has 0 radical (unpaired) electrons. The zero-order valence-corrected chi connectivity index (χ0v) is 13.8. The highest BCUT2D eigenvalue weighted by atomic mass is 79.9. The molecule has 0 atom stereocenters. The van der Waals surface area contributed by atoms with Crippen molar-refractivity contribution in [3.63, 3.8) is 0 Å².